The summed E-state index contributed by atoms with van der Waals surface area (Å²) in [6, 6.07) is 7.01. The first-order chi connectivity index (χ1) is 8.70. The lowest BCUT2D eigenvalue weighted by Crippen LogP contribution is -2.06. The number of rotatable bonds is 4. The molecule has 2 aromatic rings. The number of hydrogen-bond donors (Lipinski definition) is 1. The maximum Gasteiger partial charge on any atom is 0.150 e. The third kappa shape index (κ3) is 3.13. The van der Waals surface area contributed by atoms with Crippen molar-refractivity contribution < 1.29 is 4.74 Å². The Kier molecular flexibility index (Phi) is 4.42. The zero-order valence-corrected chi connectivity index (χ0v) is 11.3. The highest BCUT2D eigenvalue weighted by Crippen LogP contribution is 2.32. The lowest BCUT2D eigenvalue weighted by molar-refractivity contribution is 0.472. The van der Waals surface area contributed by atoms with E-state index in [0.717, 1.165) is 5.56 Å². The smallest absolute Gasteiger partial charge is 0.150 e. The van der Waals surface area contributed by atoms with Crippen molar-refractivity contribution in [3.8, 4) is 11.5 Å². The summed E-state index contributed by atoms with van der Waals surface area (Å²) in [4.78, 5) is 4.05. The fraction of sp³-hybridized carbons (Fsp3) is 0.154. The molecule has 0 saturated heterocycles. The molecule has 5 heteroatoms. The molecule has 0 saturated carbocycles. The molecule has 18 heavy (non-hydrogen) atoms. The Morgan fingerprint density at radius 2 is 2.06 bits per heavy atom. The van der Waals surface area contributed by atoms with Crippen LogP contribution in [0.25, 0.3) is 0 Å². The van der Waals surface area contributed by atoms with Gasteiger partial charge in [0.1, 0.15) is 11.5 Å². The van der Waals surface area contributed by atoms with E-state index in [1.54, 1.807) is 30.6 Å². The van der Waals surface area contributed by atoms with Gasteiger partial charge in [-0.3, -0.25) is 4.98 Å². The van der Waals surface area contributed by atoms with Crippen LogP contribution in [0.2, 0.25) is 10.0 Å². The number of pyridine rings is 1. The number of ether oxygens (including phenoxy) is 1. The van der Waals surface area contributed by atoms with Crippen molar-refractivity contribution in [3.05, 3.63) is 52.3 Å². The SMILES string of the molecule is CNCc1ccncc1Oc1ccc(Cl)cc1Cl. The zero-order valence-electron chi connectivity index (χ0n) is 9.78. The van der Waals surface area contributed by atoms with Crippen LogP contribution in [0.5, 0.6) is 11.5 Å². The summed E-state index contributed by atoms with van der Waals surface area (Å²) < 4.78 is 5.75. The predicted octanol–water partition coefficient (Wildman–Crippen LogP) is 3.90. The minimum atomic E-state index is 0.474. The summed E-state index contributed by atoms with van der Waals surface area (Å²) in [7, 11) is 1.87. The van der Waals surface area contributed by atoms with Crippen molar-refractivity contribution in [1.82, 2.24) is 10.3 Å². The molecule has 0 aliphatic heterocycles. The van der Waals surface area contributed by atoms with E-state index in [1.165, 1.54) is 0 Å². The van der Waals surface area contributed by atoms with E-state index in [2.05, 4.69) is 10.3 Å². The van der Waals surface area contributed by atoms with Crippen LogP contribution in [-0.4, -0.2) is 12.0 Å². The fourth-order valence-electron chi connectivity index (χ4n) is 1.51. The highest BCUT2D eigenvalue weighted by atomic mass is 35.5. The van der Waals surface area contributed by atoms with Gasteiger partial charge in [0.2, 0.25) is 0 Å². The molecule has 0 aliphatic rings. The quantitative estimate of drug-likeness (QED) is 0.924. The summed E-state index contributed by atoms with van der Waals surface area (Å²) in [5.41, 5.74) is 1.01. The maximum atomic E-state index is 6.06. The van der Waals surface area contributed by atoms with E-state index < -0.39 is 0 Å². The van der Waals surface area contributed by atoms with E-state index in [-0.39, 0.29) is 0 Å². The molecule has 94 valence electrons. The summed E-state index contributed by atoms with van der Waals surface area (Å²) in [6.07, 6.45) is 3.39. The summed E-state index contributed by atoms with van der Waals surface area (Å²) >= 11 is 11.9. The number of aromatic nitrogens is 1. The standard InChI is InChI=1S/C13H12Cl2N2O/c1-16-7-9-4-5-17-8-13(9)18-12-3-2-10(14)6-11(12)15/h2-6,8,16H,7H2,1H3. The second-order valence-electron chi connectivity index (χ2n) is 3.69. The summed E-state index contributed by atoms with van der Waals surface area (Å²) in [5, 5.41) is 4.12. The normalized spacial score (nSPS) is 10.4. The molecule has 1 aromatic heterocycles. The topological polar surface area (TPSA) is 34.2 Å². The highest BCUT2D eigenvalue weighted by molar-refractivity contribution is 6.35. The lowest BCUT2D eigenvalue weighted by atomic mass is 10.2. The van der Waals surface area contributed by atoms with Crippen molar-refractivity contribution in [2.24, 2.45) is 0 Å². The van der Waals surface area contributed by atoms with Gasteiger partial charge < -0.3 is 10.1 Å². The molecule has 1 heterocycles. The van der Waals surface area contributed by atoms with Crippen molar-refractivity contribution in [3.63, 3.8) is 0 Å². The molecule has 2 rings (SSSR count). The minimum Gasteiger partial charge on any atom is -0.454 e. The molecular weight excluding hydrogens is 271 g/mol. The number of nitrogens with zero attached hydrogens (tertiary/aromatic N) is 1. The first kappa shape index (κ1) is 13.1. The highest BCUT2D eigenvalue weighted by Gasteiger charge is 2.07. The number of hydrogen-bond acceptors (Lipinski definition) is 3. The second kappa shape index (κ2) is 6.05. The van der Waals surface area contributed by atoms with E-state index >= 15 is 0 Å². The third-order valence-corrected chi connectivity index (χ3v) is 2.88. The molecule has 3 nitrogen and oxygen atoms in total. The molecular formula is C13H12Cl2N2O. The number of halogens is 2. The predicted molar refractivity (Wildman–Crippen MR) is 73.5 cm³/mol. The monoisotopic (exact) mass is 282 g/mol. The first-order valence-electron chi connectivity index (χ1n) is 5.41. The molecule has 0 atom stereocenters. The largest absolute Gasteiger partial charge is 0.454 e. The van der Waals surface area contributed by atoms with Crippen molar-refractivity contribution >= 4 is 23.2 Å². The average Bonchev–Trinajstić information content (AvgIpc) is 2.35. The minimum absolute atomic E-state index is 0.474. The second-order valence-corrected chi connectivity index (χ2v) is 4.53. The van der Waals surface area contributed by atoms with E-state index in [9.17, 15) is 0 Å². The Morgan fingerprint density at radius 3 is 2.78 bits per heavy atom. The Morgan fingerprint density at radius 1 is 1.22 bits per heavy atom. The zero-order chi connectivity index (χ0) is 13.0. The average molecular weight is 283 g/mol. The van der Waals surface area contributed by atoms with E-state index in [1.807, 2.05) is 13.1 Å². The number of nitrogens with one attached hydrogen (secondary N) is 1. The fourth-order valence-corrected chi connectivity index (χ4v) is 1.96. The molecule has 0 radical (unpaired) electrons. The Labute approximate surface area is 116 Å². The van der Waals surface area contributed by atoms with Gasteiger partial charge in [-0.15, -0.1) is 0 Å². The molecule has 0 fully saturated rings. The van der Waals surface area contributed by atoms with Gasteiger partial charge in [-0.05, 0) is 31.3 Å². The molecule has 1 N–H and O–H groups in total. The Hall–Kier alpha value is -1.29. The Balaban J connectivity index is 2.28. The van der Waals surface area contributed by atoms with Gasteiger partial charge in [-0.1, -0.05) is 23.2 Å². The van der Waals surface area contributed by atoms with Crippen LogP contribution in [0.3, 0.4) is 0 Å². The van der Waals surface area contributed by atoms with Gasteiger partial charge in [-0.25, -0.2) is 0 Å². The summed E-state index contributed by atoms with van der Waals surface area (Å²) in [6.45, 7) is 0.697. The van der Waals surface area contributed by atoms with Crippen LogP contribution >= 0.6 is 23.2 Å². The lowest BCUT2D eigenvalue weighted by Gasteiger charge is -2.11. The third-order valence-electron chi connectivity index (χ3n) is 2.35. The van der Waals surface area contributed by atoms with Crippen molar-refractivity contribution in [1.29, 1.82) is 0 Å². The van der Waals surface area contributed by atoms with E-state index in [4.69, 9.17) is 27.9 Å². The van der Waals surface area contributed by atoms with Gasteiger partial charge in [-0.2, -0.15) is 0 Å². The molecule has 0 bridgehead atoms. The van der Waals surface area contributed by atoms with Crippen LogP contribution < -0.4 is 10.1 Å². The summed E-state index contributed by atoms with van der Waals surface area (Å²) in [5.74, 6) is 1.24. The molecule has 1 aromatic carbocycles. The molecule has 0 aliphatic carbocycles. The first-order valence-corrected chi connectivity index (χ1v) is 6.16. The number of benzene rings is 1. The van der Waals surface area contributed by atoms with Gasteiger partial charge in [0.15, 0.2) is 0 Å². The van der Waals surface area contributed by atoms with Gasteiger partial charge >= 0.3 is 0 Å². The van der Waals surface area contributed by atoms with Crippen LogP contribution in [0.15, 0.2) is 36.7 Å². The molecule has 0 unspecified atom stereocenters. The van der Waals surface area contributed by atoms with E-state index in [0.29, 0.717) is 28.1 Å². The van der Waals surface area contributed by atoms with Gasteiger partial charge in [0.05, 0.1) is 11.2 Å². The van der Waals surface area contributed by atoms with Crippen LogP contribution in [0.4, 0.5) is 0 Å². The van der Waals surface area contributed by atoms with Crippen molar-refractivity contribution in [2.75, 3.05) is 7.05 Å². The van der Waals surface area contributed by atoms with Crippen LogP contribution in [-0.2, 0) is 6.54 Å². The van der Waals surface area contributed by atoms with Crippen LogP contribution in [0, 0.1) is 0 Å². The molecule has 0 spiro atoms. The van der Waals surface area contributed by atoms with Gasteiger partial charge in [0, 0.05) is 23.3 Å². The maximum absolute atomic E-state index is 6.06. The molecule has 0 amide bonds. The van der Waals surface area contributed by atoms with Crippen LogP contribution in [0.1, 0.15) is 5.56 Å². The van der Waals surface area contributed by atoms with Crippen molar-refractivity contribution in [2.45, 2.75) is 6.54 Å². The Bertz CT molecular complexity index is 546. The van der Waals surface area contributed by atoms with Gasteiger partial charge in [0.25, 0.3) is 0 Å².